The number of hydrogen-bond donors (Lipinski definition) is 2. The number of nitrogens with one attached hydrogen (secondary N) is 2. The third-order valence-electron chi connectivity index (χ3n) is 5.31. The van der Waals surface area contributed by atoms with Gasteiger partial charge in [-0.25, -0.2) is 13.1 Å². The molecule has 0 unspecified atom stereocenters. The van der Waals surface area contributed by atoms with Gasteiger partial charge in [0.2, 0.25) is 15.9 Å². The van der Waals surface area contributed by atoms with Gasteiger partial charge in [-0.05, 0) is 62.1 Å². The van der Waals surface area contributed by atoms with Crippen molar-refractivity contribution in [3.05, 3.63) is 59.2 Å². The quantitative estimate of drug-likeness (QED) is 0.631. The Morgan fingerprint density at radius 1 is 1.16 bits per heavy atom. The molecule has 2 aromatic carbocycles. The Labute approximate surface area is 189 Å². The second-order valence-electron chi connectivity index (χ2n) is 8.04. The lowest BCUT2D eigenvalue weighted by molar-refractivity contribution is -0.116. The fourth-order valence-corrected chi connectivity index (χ4v) is 4.57. The summed E-state index contributed by atoms with van der Waals surface area (Å²) in [5.41, 5.74) is 2.82. The van der Waals surface area contributed by atoms with Crippen LogP contribution in [0, 0.1) is 13.8 Å². The largest absolute Gasteiger partial charge is 0.377 e. The van der Waals surface area contributed by atoms with Crippen molar-refractivity contribution in [1.29, 1.82) is 0 Å². The normalized spacial score (nSPS) is 16.0. The van der Waals surface area contributed by atoms with Crippen LogP contribution in [-0.4, -0.2) is 58.0 Å². The number of hydrogen-bond acceptors (Lipinski definition) is 5. The maximum Gasteiger partial charge on any atom is 0.254 e. The molecule has 3 rings (SSSR count). The number of amides is 2. The van der Waals surface area contributed by atoms with Crippen molar-refractivity contribution in [1.82, 2.24) is 9.62 Å². The molecule has 0 radical (unpaired) electrons. The zero-order chi connectivity index (χ0) is 23.3. The van der Waals surface area contributed by atoms with Gasteiger partial charge < -0.3 is 15.0 Å². The van der Waals surface area contributed by atoms with Crippen molar-refractivity contribution >= 4 is 27.5 Å². The number of ether oxygens (including phenoxy) is 1. The molecule has 2 amide bonds. The Bertz CT molecular complexity index is 1090. The van der Waals surface area contributed by atoms with E-state index in [-0.39, 0.29) is 35.6 Å². The van der Waals surface area contributed by atoms with Crippen molar-refractivity contribution in [3.63, 3.8) is 0 Å². The molecular weight excluding hydrogens is 430 g/mol. The van der Waals surface area contributed by atoms with Crippen molar-refractivity contribution in [3.8, 4) is 0 Å². The van der Waals surface area contributed by atoms with Crippen molar-refractivity contribution < 1.29 is 22.7 Å². The third kappa shape index (κ3) is 6.15. The van der Waals surface area contributed by atoms with E-state index in [4.69, 9.17) is 4.74 Å². The molecule has 0 spiro atoms. The molecule has 1 aliphatic rings. The van der Waals surface area contributed by atoms with Gasteiger partial charge in [0.15, 0.2) is 0 Å². The average Bonchev–Trinajstić information content (AvgIpc) is 3.28. The zero-order valence-corrected chi connectivity index (χ0v) is 19.4. The molecule has 9 heteroatoms. The van der Waals surface area contributed by atoms with E-state index < -0.39 is 15.9 Å². The Morgan fingerprint density at radius 2 is 1.94 bits per heavy atom. The van der Waals surface area contributed by atoms with E-state index in [0.29, 0.717) is 12.3 Å². The first-order valence-corrected chi connectivity index (χ1v) is 12.0. The number of sulfonamides is 1. The molecule has 1 aliphatic heterocycles. The van der Waals surface area contributed by atoms with Crippen LogP contribution in [0.25, 0.3) is 0 Å². The van der Waals surface area contributed by atoms with Gasteiger partial charge >= 0.3 is 0 Å². The number of anilines is 1. The van der Waals surface area contributed by atoms with Crippen LogP contribution in [0.2, 0.25) is 0 Å². The minimum absolute atomic E-state index is 0.00501. The molecule has 1 heterocycles. The van der Waals surface area contributed by atoms with Crippen LogP contribution < -0.4 is 10.0 Å². The Hall–Kier alpha value is -2.75. The molecule has 32 heavy (non-hydrogen) atoms. The fraction of sp³-hybridized carbons (Fsp3) is 0.391. The molecule has 0 saturated carbocycles. The van der Waals surface area contributed by atoms with E-state index in [1.807, 2.05) is 32.0 Å². The minimum atomic E-state index is -3.78. The Balaban J connectivity index is 1.63. The molecule has 1 fully saturated rings. The zero-order valence-electron chi connectivity index (χ0n) is 18.6. The molecule has 8 nitrogen and oxygen atoms in total. The van der Waals surface area contributed by atoms with Crippen LogP contribution >= 0.6 is 0 Å². The summed E-state index contributed by atoms with van der Waals surface area (Å²) in [5.74, 6) is -0.783. The number of benzene rings is 2. The van der Waals surface area contributed by atoms with Gasteiger partial charge in [-0.3, -0.25) is 9.59 Å². The summed E-state index contributed by atoms with van der Waals surface area (Å²) < 4.78 is 33.2. The number of carbonyl (C=O) groups excluding carboxylic acids is 2. The lowest BCUT2D eigenvalue weighted by Crippen LogP contribution is -2.35. The van der Waals surface area contributed by atoms with E-state index in [1.54, 1.807) is 0 Å². The first-order chi connectivity index (χ1) is 15.2. The van der Waals surface area contributed by atoms with Gasteiger partial charge in [-0.2, -0.15) is 0 Å². The number of nitrogens with zero attached hydrogens (tertiary/aromatic N) is 1. The highest BCUT2D eigenvalue weighted by Crippen LogP contribution is 2.17. The van der Waals surface area contributed by atoms with Gasteiger partial charge in [0, 0.05) is 31.5 Å². The standard InChI is InChI=1S/C23H29N3O5S/c1-16-9-10-17(2)21(12-16)25-22(27)15-26(3)23(28)18-6-4-8-20(13-18)32(29,30)24-14-19-7-5-11-31-19/h4,6,8-10,12-13,19,24H,5,7,11,14-15H2,1-3H3,(H,25,27)/t19-/m1/s1. The SMILES string of the molecule is Cc1ccc(C)c(NC(=O)CN(C)C(=O)c2cccc(S(=O)(=O)NC[C@H]3CCCO3)c2)c1. The van der Waals surface area contributed by atoms with Crippen LogP contribution in [-0.2, 0) is 19.6 Å². The van der Waals surface area contributed by atoms with E-state index in [0.717, 1.165) is 24.0 Å². The van der Waals surface area contributed by atoms with E-state index in [9.17, 15) is 18.0 Å². The van der Waals surface area contributed by atoms with Crippen LogP contribution in [0.3, 0.4) is 0 Å². The smallest absolute Gasteiger partial charge is 0.254 e. The van der Waals surface area contributed by atoms with Crippen LogP contribution in [0.15, 0.2) is 47.4 Å². The minimum Gasteiger partial charge on any atom is -0.377 e. The molecule has 0 aliphatic carbocycles. The average molecular weight is 460 g/mol. The van der Waals surface area contributed by atoms with Crippen molar-refractivity contribution in [2.24, 2.45) is 0 Å². The Morgan fingerprint density at radius 3 is 2.66 bits per heavy atom. The third-order valence-corrected chi connectivity index (χ3v) is 6.73. The predicted molar refractivity (Wildman–Crippen MR) is 122 cm³/mol. The number of carbonyl (C=O) groups is 2. The summed E-state index contributed by atoms with van der Waals surface area (Å²) in [7, 11) is -2.28. The van der Waals surface area contributed by atoms with Crippen molar-refractivity contribution in [2.75, 3.05) is 32.1 Å². The van der Waals surface area contributed by atoms with E-state index in [1.165, 1.54) is 36.2 Å². The second kappa shape index (κ2) is 10.2. The van der Waals surface area contributed by atoms with Crippen LogP contribution in [0.4, 0.5) is 5.69 Å². The lowest BCUT2D eigenvalue weighted by Gasteiger charge is -2.18. The monoisotopic (exact) mass is 459 g/mol. The van der Waals surface area contributed by atoms with Gasteiger partial charge in [0.05, 0.1) is 17.5 Å². The molecule has 2 N–H and O–H groups in total. The van der Waals surface area contributed by atoms with E-state index in [2.05, 4.69) is 10.0 Å². The van der Waals surface area contributed by atoms with Gasteiger partial charge in [0.1, 0.15) is 0 Å². The molecular formula is C23H29N3O5S. The topological polar surface area (TPSA) is 105 Å². The summed E-state index contributed by atoms with van der Waals surface area (Å²) in [5, 5.41) is 2.82. The number of aryl methyl sites for hydroxylation is 2. The predicted octanol–water partition coefficient (Wildman–Crippen LogP) is 2.47. The lowest BCUT2D eigenvalue weighted by atomic mass is 10.1. The summed E-state index contributed by atoms with van der Waals surface area (Å²) in [4.78, 5) is 26.5. The Kier molecular flexibility index (Phi) is 7.65. The van der Waals surface area contributed by atoms with Gasteiger partial charge in [-0.1, -0.05) is 18.2 Å². The van der Waals surface area contributed by atoms with E-state index >= 15 is 0 Å². The highest BCUT2D eigenvalue weighted by Gasteiger charge is 2.22. The molecule has 0 bridgehead atoms. The highest BCUT2D eigenvalue weighted by atomic mass is 32.2. The van der Waals surface area contributed by atoms with Crippen LogP contribution in [0.5, 0.6) is 0 Å². The molecule has 0 aromatic heterocycles. The molecule has 2 aromatic rings. The maximum atomic E-state index is 12.8. The summed E-state index contributed by atoms with van der Waals surface area (Å²) in [6.07, 6.45) is 1.60. The summed E-state index contributed by atoms with van der Waals surface area (Å²) >= 11 is 0. The summed E-state index contributed by atoms with van der Waals surface area (Å²) in [6, 6.07) is 11.5. The molecule has 1 atom stereocenters. The first kappa shape index (κ1) is 23.9. The second-order valence-corrected chi connectivity index (χ2v) is 9.81. The summed E-state index contributed by atoms with van der Waals surface area (Å²) in [6.45, 7) is 4.49. The number of likely N-dealkylation sites (N-methyl/N-ethyl adjacent to an activating group) is 1. The number of rotatable bonds is 8. The van der Waals surface area contributed by atoms with Gasteiger partial charge in [0.25, 0.3) is 5.91 Å². The molecule has 172 valence electrons. The van der Waals surface area contributed by atoms with Crippen LogP contribution in [0.1, 0.15) is 34.3 Å². The first-order valence-electron chi connectivity index (χ1n) is 10.5. The van der Waals surface area contributed by atoms with Gasteiger partial charge in [-0.15, -0.1) is 0 Å². The highest BCUT2D eigenvalue weighted by molar-refractivity contribution is 7.89. The maximum absolute atomic E-state index is 12.8. The molecule has 1 saturated heterocycles. The van der Waals surface area contributed by atoms with Crippen molar-refractivity contribution in [2.45, 2.75) is 37.7 Å². The fourth-order valence-electron chi connectivity index (χ4n) is 3.46.